The number of para-hydroxylation sites is 1. The molecule has 2 N–H and O–H groups in total. The first-order chi connectivity index (χ1) is 9.50. The van der Waals surface area contributed by atoms with Gasteiger partial charge in [0, 0.05) is 6.54 Å². The largest absolute Gasteiger partial charge is 0.493 e. The lowest BCUT2D eigenvalue weighted by Gasteiger charge is -2.25. The van der Waals surface area contributed by atoms with Gasteiger partial charge in [0.25, 0.3) is 0 Å². The van der Waals surface area contributed by atoms with Gasteiger partial charge in [0.15, 0.2) is 0 Å². The fourth-order valence-electron chi connectivity index (χ4n) is 1.82. The van der Waals surface area contributed by atoms with Crippen molar-refractivity contribution in [2.75, 3.05) is 13.2 Å². The fraction of sp³-hybridized carbons (Fsp3) is 0.562. The first-order valence-electron chi connectivity index (χ1n) is 7.18. The Balaban J connectivity index is 2.29. The minimum absolute atomic E-state index is 0.0982. The molecule has 0 aliphatic carbocycles. The molecule has 0 saturated carbocycles. The summed E-state index contributed by atoms with van der Waals surface area (Å²) in [7, 11) is 0. The summed E-state index contributed by atoms with van der Waals surface area (Å²) >= 11 is 0. The summed E-state index contributed by atoms with van der Waals surface area (Å²) in [5.74, 6) is 0.706. The highest BCUT2D eigenvalue weighted by atomic mass is 16.5. The van der Waals surface area contributed by atoms with E-state index in [1.54, 1.807) is 0 Å². The number of aryl methyl sites for hydroxylation is 1. The molecule has 0 unspecified atom stereocenters. The van der Waals surface area contributed by atoms with E-state index in [9.17, 15) is 9.90 Å². The SMILES string of the molecule is CCC(O)(CC)CNC(=O)CCOc1ccccc1C. The molecule has 0 aliphatic rings. The number of hydrogen-bond acceptors (Lipinski definition) is 3. The van der Waals surface area contributed by atoms with Crippen LogP contribution >= 0.6 is 0 Å². The van der Waals surface area contributed by atoms with Crippen LogP contribution in [0.25, 0.3) is 0 Å². The number of hydrogen-bond donors (Lipinski definition) is 2. The summed E-state index contributed by atoms with van der Waals surface area (Å²) < 4.78 is 5.57. The van der Waals surface area contributed by atoms with Crippen molar-refractivity contribution in [3.63, 3.8) is 0 Å². The van der Waals surface area contributed by atoms with Gasteiger partial charge in [-0.2, -0.15) is 0 Å². The predicted octanol–water partition coefficient (Wildman–Crippen LogP) is 2.43. The average Bonchev–Trinajstić information content (AvgIpc) is 2.47. The van der Waals surface area contributed by atoms with E-state index in [2.05, 4.69) is 5.32 Å². The number of aliphatic hydroxyl groups is 1. The molecule has 4 nitrogen and oxygen atoms in total. The van der Waals surface area contributed by atoms with Gasteiger partial charge in [-0.15, -0.1) is 0 Å². The Morgan fingerprint density at radius 2 is 1.95 bits per heavy atom. The van der Waals surface area contributed by atoms with Crippen molar-refractivity contribution in [2.45, 2.75) is 45.6 Å². The number of rotatable bonds is 8. The highest BCUT2D eigenvalue weighted by Gasteiger charge is 2.22. The molecule has 1 aromatic rings. The van der Waals surface area contributed by atoms with Crippen LogP contribution in [0, 0.1) is 6.92 Å². The molecule has 1 aromatic carbocycles. The van der Waals surface area contributed by atoms with Crippen LogP contribution in [0.5, 0.6) is 5.75 Å². The van der Waals surface area contributed by atoms with Crippen LogP contribution in [0.3, 0.4) is 0 Å². The first-order valence-corrected chi connectivity index (χ1v) is 7.18. The molecule has 0 spiro atoms. The van der Waals surface area contributed by atoms with Crippen LogP contribution in [0.15, 0.2) is 24.3 Å². The smallest absolute Gasteiger partial charge is 0.223 e. The van der Waals surface area contributed by atoms with Crippen LogP contribution in [0.4, 0.5) is 0 Å². The molecule has 1 rings (SSSR count). The Hall–Kier alpha value is -1.55. The second-order valence-electron chi connectivity index (χ2n) is 5.07. The lowest BCUT2D eigenvalue weighted by molar-refractivity contribution is -0.122. The van der Waals surface area contributed by atoms with Crippen LogP contribution in [0.1, 0.15) is 38.7 Å². The molecular weight excluding hydrogens is 254 g/mol. The van der Waals surface area contributed by atoms with E-state index >= 15 is 0 Å². The molecule has 112 valence electrons. The second kappa shape index (κ2) is 7.90. The number of carbonyl (C=O) groups is 1. The van der Waals surface area contributed by atoms with Gasteiger partial charge >= 0.3 is 0 Å². The number of carbonyl (C=O) groups excluding carboxylic acids is 1. The highest BCUT2D eigenvalue weighted by molar-refractivity contribution is 5.76. The summed E-state index contributed by atoms with van der Waals surface area (Å²) in [6, 6.07) is 7.72. The van der Waals surface area contributed by atoms with Crippen molar-refractivity contribution in [1.82, 2.24) is 5.32 Å². The highest BCUT2D eigenvalue weighted by Crippen LogP contribution is 2.16. The van der Waals surface area contributed by atoms with E-state index in [-0.39, 0.29) is 12.3 Å². The molecule has 0 radical (unpaired) electrons. The molecule has 0 aliphatic heterocycles. The van der Waals surface area contributed by atoms with E-state index in [1.165, 1.54) is 0 Å². The number of nitrogens with one attached hydrogen (secondary N) is 1. The van der Waals surface area contributed by atoms with E-state index in [0.29, 0.717) is 26.0 Å². The molecule has 0 saturated heterocycles. The van der Waals surface area contributed by atoms with Crippen LogP contribution in [0.2, 0.25) is 0 Å². The fourth-order valence-corrected chi connectivity index (χ4v) is 1.82. The molecule has 0 heterocycles. The topological polar surface area (TPSA) is 58.6 Å². The Kier molecular flexibility index (Phi) is 6.52. The minimum atomic E-state index is -0.799. The third kappa shape index (κ3) is 5.21. The minimum Gasteiger partial charge on any atom is -0.493 e. The van der Waals surface area contributed by atoms with Crippen molar-refractivity contribution in [3.05, 3.63) is 29.8 Å². The van der Waals surface area contributed by atoms with Gasteiger partial charge in [-0.05, 0) is 31.4 Å². The maximum Gasteiger partial charge on any atom is 0.223 e. The summed E-state index contributed by atoms with van der Waals surface area (Å²) in [5, 5.41) is 12.8. The monoisotopic (exact) mass is 279 g/mol. The summed E-state index contributed by atoms with van der Waals surface area (Å²) in [4.78, 5) is 11.7. The second-order valence-corrected chi connectivity index (χ2v) is 5.07. The van der Waals surface area contributed by atoms with Gasteiger partial charge in [-0.3, -0.25) is 4.79 Å². The maximum absolute atomic E-state index is 11.7. The number of amides is 1. The van der Waals surface area contributed by atoms with Crippen molar-refractivity contribution in [2.24, 2.45) is 0 Å². The molecule has 0 atom stereocenters. The van der Waals surface area contributed by atoms with Gasteiger partial charge in [-0.1, -0.05) is 32.0 Å². The summed E-state index contributed by atoms with van der Waals surface area (Å²) in [5.41, 5.74) is 0.256. The first kappa shape index (κ1) is 16.5. The summed E-state index contributed by atoms with van der Waals surface area (Å²) in [6.07, 6.45) is 1.55. The maximum atomic E-state index is 11.7. The zero-order valence-electron chi connectivity index (χ0n) is 12.6. The normalized spacial score (nSPS) is 11.2. The standard InChI is InChI=1S/C16H25NO3/c1-4-16(19,5-2)12-17-15(18)10-11-20-14-9-7-6-8-13(14)3/h6-9,19H,4-5,10-12H2,1-3H3,(H,17,18). The predicted molar refractivity (Wildman–Crippen MR) is 79.8 cm³/mol. The quantitative estimate of drug-likeness (QED) is 0.768. The molecular formula is C16H25NO3. The average molecular weight is 279 g/mol. The van der Waals surface area contributed by atoms with Gasteiger partial charge in [0.2, 0.25) is 5.91 Å². The van der Waals surface area contributed by atoms with E-state index in [1.807, 2.05) is 45.0 Å². The lowest BCUT2D eigenvalue weighted by atomic mass is 9.97. The molecule has 1 amide bonds. The Morgan fingerprint density at radius 3 is 2.55 bits per heavy atom. The molecule has 20 heavy (non-hydrogen) atoms. The third-order valence-electron chi connectivity index (χ3n) is 3.61. The van der Waals surface area contributed by atoms with Crippen molar-refractivity contribution >= 4 is 5.91 Å². The van der Waals surface area contributed by atoms with Crippen molar-refractivity contribution in [3.8, 4) is 5.75 Å². The number of benzene rings is 1. The summed E-state index contributed by atoms with van der Waals surface area (Å²) in [6.45, 7) is 6.43. The van der Waals surface area contributed by atoms with Crippen molar-refractivity contribution < 1.29 is 14.6 Å². The number of ether oxygens (including phenoxy) is 1. The molecule has 0 aromatic heterocycles. The Bertz CT molecular complexity index is 427. The van der Waals surface area contributed by atoms with E-state index in [0.717, 1.165) is 11.3 Å². The Morgan fingerprint density at radius 1 is 1.30 bits per heavy atom. The zero-order valence-corrected chi connectivity index (χ0v) is 12.6. The van der Waals surface area contributed by atoms with Gasteiger partial charge < -0.3 is 15.2 Å². The molecule has 4 heteroatoms. The van der Waals surface area contributed by atoms with Crippen LogP contribution < -0.4 is 10.1 Å². The van der Waals surface area contributed by atoms with Crippen molar-refractivity contribution in [1.29, 1.82) is 0 Å². The molecule has 0 bridgehead atoms. The van der Waals surface area contributed by atoms with Gasteiger partial charge in [-0.25, -0.2) is 0 Å². The van der Waals surface area contributed by atoms with Crippen LogP contribution in [-0.2, 0) is 4.79 Å². The third-order valence-corrected chi connectivity index (χ3v) is 3.61. The van der Waals surface area contributed by atoms with Gasteiger partial charge in [0.05, 0.1) is 18.6 Å². The molecule has 0 fully saturated rings. The van der Waals surface area contributed by atoms with Gasteiger partial charge in [0.1, 0.15) is 5.75 Å². The lowest BCUT2D eigenvalue weighted by Crippen LogP contribution is -2.42. The van der Waals surface area contributed by atoms with E-state index < -0.39 is 5.60 Å². The van der Waals surface area contributed by atoms with E-state index in [4.69, 9.17) is 4.74 Å². The zero-order chi connectivity index (χ0) is 15.0. The van der Waals surface area contributed by atoms with Crippen LogP contribution in [-0.4, -0.2) is 29.8 Å². The Labute approximate surface area is 121 Å².